The molecule has 4 aromatic rings. The molecule has 6 rings (SSSR count). The van der Waals surface area contributed by atoms with Crippen molar-refractivity contribution in [1.82, 2.24) is 20.4 Å². The number of alkyl halides is 3. The van der Waals surface area contributed by atoms with Crippen LogP contribution in [0, 0.1) is 5.92 Å². The van der Waals surface area contributed by atoms with Gasteiger partial charge in [0.1, 0.15) is 11.9 Å². The molecule has 2 atom stereocenters. The summed E-state index contributed by atoms with van der Waals surface area (Å²) in [6.07, 6.45) is -3.65. The predicted molar refractivity (Wildman–Crippen MR) is 151 cm³/mol. The molecule has 11 heteroatoms. The van der Waals surface area contributed by atoms with Gasteiger partial charge in [0.25, 0.3) is 5.91 Å². The molecule has 2 aromatic heterocycles. The Labute approximate surface area is 239 Å². The lowest BCUT2D eigenvalue weighted by molar-refractivity contribution is -0.208. The number of likely N-dealkylation sites (tertiary alicyclic amines) is 1. The lowest BCUT2D eigenvalue weighted by atomic mass is 10.0. The van der Waals surface area contributed by atoms with Crippen molar-refractivity contribution in [2.24, 2.45) is 5.92 Å². The summed E-state index contributed by atoms with van der Waals surface area (Å²) in [5.74, 6) is 1.05. The molecule has 1 amide bonds. The third-order valence-electron chi connectivity index (χ3n) is 7.88. The Hall–Kier alpha value is -3.41. The molecule has 2 aromatic carbocycles. The quantitative estimate of drug-likeness (QED) is 0.227. The Morgan fingerprint density at radius 2 is 1.88 bits per heavy atom. The van der Waals surface area contributed by atoms with Crippen LogP contribution in [-0.4, -0.2) is 64.1 Å². The van der Waals surface area contributed by atoms with E-state index >= 15 is 0 Å². The van der Waals surface area contributed by atoms with E-state index in [1.165, 1.54) is 0 Å². The van der Waals surface area contributed by atoms with E-state index in [0.29, 0.717) is 43.2 Å². The van der Waals surface area contributed by atoms with Gasteiger partial charge in [0.15, 0.2) is 6.10 Å². The Morgan fingerprint density at radius 3 is 2.54 bits per heavy atom. The fourth-order valence-electron chi connectivity index (χ4n) is 5.40. The smallest absolute Gasteiger partial charge is 0.415 e. The molecule has 0 bridgehead atoms. The maximum absolute atomic E-state index is 13.2. The molecular weight excluding hydrogens is 553 g/mol. The van der Waals surface area contributed by atoms with Crippen LogP contribution < -0.4 is 10.1 Å². The van der Waals surface area contributed by atoms with Gasteiger partial charge in [-0.3, -0.25) is 9.89 Å². The Balaban J connectivity index is 1.10. The first-order valence-electron chi connectivity index (χ1n) is 13.8. The zero-order valence-corrected chi connectivity index (χ0v) is 23.0. The molecule has 0 radical (unpaired) electrons. The number of carbonyl (C=O) groups is 1. The van der Waals surface area contributed by atoms with Gasteiger partial charge in [0.2, 0.25) is 0 Å². The number of nitrogens with zero attached hydrogens (tertiary/aromatic N) is 2. The number of hydrogen-bond donors (Lipinski definition) is 3. The van der Waals surface area contributed by atoms with E-state index in [9.17, 15) is 23.1 Å². The van der Waals surface area contributed by atoms with E-state index in [-0.39, 0.29) is 18.1 Å². The fraction of sp³-hybridized carbons (Fsp3) is 0.400. The number of aliphatic hydroxyl groups is 1. The normalized spacial score (nSPS) is 18.3. The number of aromatic amines is 1. The van der Waals surface area contributed by atoms with Crippen molar-refractivity contribution in [2.45, 2.75) is 50.1 Å². The number of piperidine rings is 1. The van der Waals surface area contributed by atoms with E-state index in [4.69, 9.17) is 4.74 Å². The van der Waals surface area contributed by atoms with E-state index in [1.54, 1.807) is 16.2 Å². The van der Waals surface area contributed by atoms with Gasteiger partial charge in [0.05, 0.1) is 17.3 Å². The maximum atomic E-state index is 13.2. The van der Waals surface area contributed by atoms with Crippen molar-refractivity contribution in [1.29, 1.82) is 0 Å². The molecule has 2 unspecified atom stereocenters. The van der Waals surface area contributed by atoms with E-state index in [2.05, 4.69) is 27.0 Å². The van der Waals surface area contributed by atoms with Crippen molar-refractivity contribution in [3.8, 4) is 17.0 Å². The number of hydrogen-bond acceptors (Lipinski definition) is 6. The summed E-state index contributed by atoms with van der Waals surface area (Å²) in [5, 5.41) is 25.1. The molecule has 41 heavy (non-hydrogen) atoms. The van der Waals surface area contributed by atoms with Crippen molar-refractivity contribution in [3.63, 3.8) is 0 Å². The number of fused-ring (bicyclic) bond motifs is 1. The number of rotatable bonds is 9. The van der Waals surface area contributed by atoms with Crippen LogP contribution in [0.5, 0.6) is 5.75 Å². The van der Waals surface area contributed by atoms with Gasteiger partial charge in [0, 0.05) is 36.1 Å². The van der Waals surface area contributed by atoms with Crippen molar-refractivity contribution >= 4 is 28.1 Å². The lowest BCUT2D eigenvalue weighted by Gasteiger charge is -2.33. The van der Waals surface area contributed by atoms with E-state index in [0.717, 1.165) is 40.6 Å². The highest BCUT2D eigenvalue weighted by Gasteiger charge is 2.39. The third kappa shape index (κ3) is 6.42. The molecule has 3 N–H and O–H groups in total. The van der Waals surface area contributed by atoms with Gasteiger partial charge in [-0.2, -0.15) is 29.6 Å². The Morgan fingerprint density at radius 1 is 1.12 bits per heavy atom. The predicted octanol–water partition coefficient (Wildman–Crippen LogP) is 5.94. The fourth-order valence-corrected chi connectivity index (χ4v) is 6.09. The second kappa shape index (κ2) is 11.5. The van der Waals surface area contributed by atoms with Gasteiger partial charge in [-0.15, -0.1) is 0 Å². The number of benzene rings is 2. The van der Waals surface area contributed by atoms with Gasteiger partial charge < -0.3 is 20.1 Å². The molecule has 7 nitrogen and oxygen atoms in total. The highest BCUT2D eigenvalue weighted by Crippen LogP contribution is 2.41. The monoisotopic (exact) mass is 584 g/mol. The molecule has 216 valence electrons. The summed E-state index contributed by atoms with van der Waals surface area (Å²) in [6.45, 7) is 0.445. The molecule has 2 fully saturated rings. The molecule has 1 aliphatic carbocycles. The van der Waals surface area contributed by atoms with Gasteiger partial charge >= 0.3 is 6.18 Å². The van der Waals surface area contributed by atoms with Gasteiger partial charge in [-0.25, -0.2) is 0 Å². The average molecular weight is 585 g/mol. The SMILES string of the molecule is O=C(NC(c1ccsc1)C1CC1)c1ccc2[nH]nc(-c3ccc(OC4CCN(CC(O)C(F)(F)F)CC4)cc3)c2c1. The van der Waals surface area contributed by atoms with Crippen LogP contribution in [0.4, 0.5) is 13.2 Å². The number of nitrogens with one attached hydrogen (secondary N) is 2. The van der Waals surface area contributed by atoms with Crippen molar-refractivity contribution < 1.29 is 27.8 Å². The maximum Gasteiger partial charge on any atom is 0.415 e. The first kappa shape index (κ1) is 27.7. The first-order valence-corrected chi connectivity index (χ1v) is 14.7. The minimum absolute atomic E-state index is 0.0273. The van der Waals surface area contributed by atoms with Crippen LogP contribution in [0.25, 0.3) is 22.2 Å². The average Bonchev–Trinajstić information content (AvgIpc) is 3.48. The number of carbonyl (C=O) groups excluding carboxylic acids is 1. The summed E-state index contributed by atoms with van der Waals surface area (Å²) in [7, 11) is 0. The number of thiophene rings is 1. The minimum atomic E-state index is -4.61. The molecule has 1 saturated heterocycles. The van der Waals surface area contributed by atoms with Crippen molar-refractivity contribution in [2.75, 3.05) is 19.6 Å². The zero-order valence-electron chi connectivity index (χ0n) is 22.2. The van der Waals surface area contributed by atoms with Crippen LogP contribution in [0.3, 0.4) is 0 Å². The topological polar surface area (TPSA) is 90.5 Å². The standard InChI is InChI=1S/C30H31F3N4O3S/c31-30(32,33)26(38)16-37-12-9-23(10-13-37)40-22-6-3-19(4-7-22)28-24-15-20(5-8-25(24)35-36-28)29(39)34-27(18-1-2-18)21-11-14-41-17-21/h3-8,11,14-15,17-18,23,26-27,38H,1-2,9-10,12-13,16H2,(H,34,39)(H,35,36). The summed E-state index contributed by atoms with van der Waals surface area (Å²) < 4.78 is 44.0. The number of amides is 1. The number of β-amino-alcohol motifs (C(OH)–C–C–N with tert-alkyl or cyclic N) is 1. The molecule has 1 saturated carbocycles. The number of aliphatic hydroxyl groups excluding tert-OH is 1. The largest absolute Gasteiger partial charge is 0.490 e. The molecule has 1 aliphatic heterocycles. The Kier molecular flexibility index (Phi) is 7.76. The van der Waals surface area contributed by atoms with Gasteiger partial charge in [-0.1, -0.05) is 0 Å². The van der Waals surface area contributed by atoms with Crippen molar-refractivity contribution in [3.05, 3.63) is 70.4 Å². The number of ether oxygens (including phenoxy) is 1. The second-order valence-corrected chi connectivity index (χ2v) is 11.7. The van der Waals surface area contributed by atoms with Crippen LogP contribution >= 0.6 is 11.3 Å². The summed E-state index contributed by atoms with van der Waals surface area (Å²) in [4.78, 5) is 14.8. The molecule has 0 spiro atoms. The highest BCUT2D eigenvalue weighted by atomic mass is 32.1. The van der Waals surface area contributed by atoms with E-state index < -0.39 is 18.8 Å². The van der Waals surface area contributed by atoms with Crippen LogP contribution in [0.2, 0.25) is 0 Å². The van der Waals surface area contributed by atoms with Crippen LogP contribution in [0.15, 0.2) is 59.3 Å². The summed E-state index contributed by atoms with van der Waals surface area (Å²) >= 11 is 1.63. The van der Waals surface area contributed by atoms with Crippen LogP contribution in [0.1, 0.15) is 47.6 Å². The lowest BCUT2D eigenvalue weighted by Crippen LogP contribution is -2.45. The summed E-state index contributed by atoms with van der Waals surface area (Å²) in [5.41, 5.74) is 4.16. The third-order valence-corrected chi connectivity index (χ3v) is 8.58. The first-order chi connectivity index (χ1) is 19.7. The van der Waals surface area contributed by atoms with Crippen LogP contribution in [-0.2, 0) is 0 Å². The summed E-state index contributed by atoms with van der Waals surface area (Å²) in [6, 6.07) is 15.2. The number of halogens is 3. The minimum Gasteiger partial charge on any atom is -0.490 e. The molecule has 3 heterocycles. The highest BCUT2D eigenvalue weighted by molar-refractivity contribution is 7.08. The number of H-pyrrole nitrogens is 1. The van der Waals surface area contributed by atoms with Gasteiger partial charge in [-0.05, 0) is 96.5 Å². The Bertz CT molecular complexity index is 1480. The zero-order chi connectivity index (χ0) is 28.6. The molecular formula is C30H31F3N4O3S. The molecule has 2 aliphatic rings. The van der Waals surface area contributed by atoms with E-state index in [1.807, 2.05) is 47.8 Å². The second-order valence-electron chi connectivity index (χ2n) is 10.9. The number of aromatic nitrogens is 2.